The van der Waals surface area contributed by atoms with Crippen LogP contribution >= 0.6 is 11.3 Å². The maximum atomic E-state index is 12.1. The third kappa shape index (κ3) is 3.09. The summed E-state index contributed by atoms with van der Waals surface area (Å²) in [6.45, 7) is 8.33. The van der Waals surface area contributed by atoms with Gasteiger partial charge in [0.05, 0.1) is 4.88 Å². The molecular weight excluding hydrogens is 230 g/mol. The van der Waals surface area contributed by atoms with Crippen molar-refractivity contribution in [2.24, 2.45) is 5.92 Å². The number of aryl methyl sites for hydroxylation is 1. The minimum absolute atomic E-state index is 0.0737. The van der Waals surface area contributed by atoms with Crippen LogP contribution < -0.4 is 5.32 Å². The highest BCUT2D eigenvalue weighted by molar-refractivity contribution is 7.14. The molecule has 2 nitrogen and oxygen atoms in total. The van der Waals surface area contributed by atoms with Crippen LogP contribution in [0.3, 0.4) is 0 Å². The molecule has 94 valence electrons. The Morgan fingerprint density at radius 2 is 2.18 bits per heavy atom. The molecule has 1 atom stereocenters. The molecule has 0 radical (unpaired) electrons. The fourth-order valence-corrected chi connectivity index (χ4v) is 3.32. The number of nitrogens with one attached hydrogen (secondary N) is 1. The summed E-state index contributed by atoms with van der Waals surface area (Å²) in [6, 6.07) is 2.09. The zero-order chi connectivity index (χ0) is 12.6. The van der Waals surface area contributed by atoms with Crippen molar-refractivity contribution in [1.82, 2.24) is 5.32 Å². The van der Waals surface area contributed by atoms with Gasteiger partial charge in [0, 0.05) is 10.4 Å². The first-order valence-electron chi connectivity index (χ1n) is 6.29. The summed E-state index contributed by atoms with van der Waals surface area (Å²) in [5, 5.41) is 3.03. The lowest BCUT2D eigenvalue weighted by Crippen LogP contribution is -2.40. The average molecular weight is 251 g/mol. The second kappa shape index (κ2) is 4.45. The number of amides is 1. The smallest absolute Gasteiger partial charge is 0.261 e. The largest absolute Gasteiger partial charge is 0.347 e. The summed E-state index contributed by atoms with van der Waals surface area (Å²) in [5.41, 5.74) is 1.24. The molecule has 1 aliphatic rings. The lowest BCUT2D eigenvalue weighted by atomic mass is 9.90. The van der Waals surface area contributed by atoms with E-state index in [4.69, 9.17) is 0 Å². The van der Waals surface area contributed by atoms with Crippen LogP contribution in [-0.4, -0.2) is 11.4 Å². The Morgan fingerprint density at radius 1 is 1.47 bits per heavy atom. The molecule has 1 heterocycles. The van der Waals surface area contributed by atoms with E-state index in [2.05, 4.69) is 18.3 Å². The standard InChI is InChI=1S/C14H21NOS/c1-9-5-6-11-10(7-9)8-12(17-11)13(16)15-14(2,3)4/h8-9H,5-7H2,1-4H3,(H,15,16). The van der Waals surface area contributed by atoms with E-state index in [1.165, 1.54) is 16.9 Å². The number of carbonyl (C=O) groups excluding carboxylic acids is 1. The third-order valence-electron chi connectivity index (χ3n) is 3.04. The van der Waals surface area contributed by atoms with Gasteiger partial charge in [0.15, 0.2) is 0 Å². The Morgan fingerprint density at radius 3 is 2.82 bits per heavy atom. The van der Waals surface area contributed by atoms with E-state index < -0.39 is 0 Å². The molecule has 2 rings (SSSR count). The minimum Gasteiger partial charge on any atom is -0.347 e. The Balaban J connectivity index is 2.15. The number of carbonyl (C=O) groups is 1. The number of thiophene rings is 1. The summed E-state index contributed by atoms with van der Waals surface area (Å²) in [6.07, 6.45) is 3.53. The van der Waals surface area contributed by atoms with Crippen molar-refractivity contribution in [2.75, 3.05) is 0 Å². The van der Waals surface area contributed by atoms with Crippen molar-refractivity contribution < 1.29 is 4.79 Å². The second-order valence-corrected chi connectivity index (χ2v) is 7.25. The molecule has 3 heteroatoms. The molecule has 0 fully saturated rings. The Kier molecular flexibility index (Phi) is 3.30. The molecule has 0 bridgehead atoms. The first-order chi connectivity index (χ1) is 7.85. The van der Waals surface area contributed by atoms with Gasteiger partial charge in [-0.05, 0) is 57.6 Å². The first-order valence-corrected chi connectivity index (χ1v) is 7.11. The van der Waals surface area contributed by atoms with E-state index in [9.17, 15) is 4.79 Å². The number of hydrogen-bond donors (Lipinski definition) is 1. The van der Waals surface area contributed by atoms with E-state index >= 15 is 0 Å². The van der Waals surface area contributed by atoms with Crippen LogP contribution in [-0.2, 0) is 12.8 Å². The van der Waals surface area contributed by atoms with Gasteiger partial charge in [0.1, 0.15) is 0 Å². The van der Waals surface area contributed by atoms with Crippen LogP contribution in [0.5, 0.6) is 0 Å². The van der Waals surface area contributed by atoms with Crippen LogP contribution in [0.1, 0.15) is 54.2 Å². The van der Waals surface area contributed by atoms with Crippen LogP contribution in [0.15, 0.2) is 6.07 Å². The number of hydrogen-bond acceptors (Lipinski definition) is 2. The first kappa shape index (κ1) is 12.6. The molecule has 1 aliphatic carbocycles. The fourth-order valence-electron chi connectivity index (χ4n) is 2.22. The molecule has 0 saturated carbocycles. The molecule has 0 saturated heterocycles. The summed E-state index contributed by atoms with van der Waals surface area (Å²) in [7, 11) is 0. The molecule has 17 heavy (non-hydrogen) atoms. The van der Waals surface area contributed by atoms with Gasteiger partial charge in [-0.3, -0.25) is 4.79 Å². The van der Waals surface area contributed by atoms with E-state index in [1.54, 1.807) is 11.3 Å². The SMILES string of the molecule is CC1CCc2sc(C(=O)NC(C)(C)C)cc2C1. The van der Waals surface area contributed by atoms with Crippen molar-refractivity contribution in [3.05, 3.63) is 21.4 Å². The predicted molar refractivity (Wildman–Crippen MR) is 72.7 cm³/mol. The Labute approximate surface area is 107 Å². The highest BCUT2D eigenvalue weighted by Crippen LogP contribution is 2.32. The van der Waals surface area contributed by atoms with Crippen molar-refractivity contribution >= 4 is 17.2 Å². The maximum Gasteiger partial charge on any atom is 0.261 e. The molecule has 0 aliphatic heterocycles. The van der Waals surface area contributed by atoms with E-state index in [0.29, 0.717) is 0 Å². The van der Waals surface area contributed by atoms with Crippen LogP contribution in [0, 0.1) is 5.92 Å². The summed E-state index contributed by atoms with van der Waals surface area (Å²) < 4.78 is 0. The van der Waals surface area contributed by atoms with E-state index in [1.807, 2.05) is 20.8 Å². The van der Waals surface area contributed by atoms with Gasteiger partial charge in [0.25, 0.3) is 5.91 Å². The molecule has 1 unspecified atom stereocenters. The van der Waals surface area contributed by atoms with E-state index in [0.717, 1.165) is 23.6 Å². The van der Waals surface area contributed by atoms with Gasteiger partial charge < -0.3 is 5.32 Å². The number of fused-ring (bicyclic) bond motifs is 1. The van der Waals surface area contributed by atoms with Gasteiger partial charge in [-0.1, -0.05) is 6.92 Å². The quantitative estimate of drug-likeness (QED) is 0.814. The van der Waals surface area contributed by atoms with Gasteiger partial charge >= 0.3 is 0 Å². The zero-order valence-electron chi connectivity index (χ0n) is 11.1. The molecule has 0 spiro atoms. The summed E-state index contributed by atoms with van der Waals surface area (Å²) >= 11 is 1.67. The fraction of sp³-hybridized carbons (Fsp3) is 0.643. The predicted octanol–water partition coefficient (Wildman–Crippen LogP) is 3.40. The number of rotatable bonds is 1. The molecule has 0 aromatic carbocycles. The van der Waals surface area contributed by atoms with Gasteiger partial charge in [0.2, 0.25) is 0 Å². The molecule has 1 aromatic rings. The second-order valence-electron chi connectivity index (χ2n) is 6.11. The molecule has 1 amide bonds. The summed E-state index contributed by atoms with van der Waals surface area (Å²) in [4.78, 5) is 14.4. The Bertz CT molecular complexity index is 428. The average Bonchev–Trinajstić information content (AvgIpc) is 2.57. The van der Waals surface area contributed by atoms with Crippen molar-refractivity contribution in [3.8, 4) is 0 Å². The van der Waals surface area contributed by atoms with Crippen LogP contribution in [0.25, 0.3) is 0 Å². The summed E-state index contributed by atoms with van der Waals surface area (Å²) in [5.74, 6) is 0.834. The van der Waals surface area contributed by atoms with Gasteiger partial charge in [-0.2, -0.15) is 0 Å². The van der Waals surface area contributed by atoms with Crippen LogP contribution in [0.4, 0.5) is 0 Å². The highest BCUT2D eigenvalue weighted by Gasteiger charge is 2.22. The minimum atomic E-state index is -0.158. The van der Waals surface area contributed by atoms with Gasteiger partial charge in [-0.25, -0.2) is 0 Å². The molecule has 1 N–H and O–H groups in total. The van der Waals surface area contributed by atoms with Crippen molar-refractivity contribution in [1.29, 1.82) is 0 Å². The van der Waals surface area contributed by atoms with Crippen LogP contribution in [0.2, 0.25) is 0 Å². The maximum absolute atomic E-state index is 12.1. The lowest BCUT2D eigenvalue weighted by molar-refractivity contribution is 0.0923. The highest BCUT2D eigenvalue weighted by atomic mass is 32.1. The zero-order valence-corrected chi connectivity index (χ0v) is 11.9. The molecule has 1 aromatic heterocycles. The lowest BCUT2D eigenvalue weighted by Gasteiger charge is -2.19. The van der Waals surface area contributed by atoms with Gasteiger partial charge in [-0.15, -0.1) is 11.3 Å². The third-order valence-corrected chi connectivity index (χ3v) is 4.28. The topological polar surface area (TPSA) is 29.1 Å². The molecular formula is C14H21NOS. The van der Waals surface area contributed by atoms with Crippen molar-refractivity contribution in [3.63, 3.8) is 0 Å². The van der Waals surface area contributed by atoms with E-state index in [-0.39, 0.29) is 11.4 Å². The normalized spacial score (nSPS) is 19.9. The Hall–Kier alpha value is -0.830. The van der Waals surface area contributed by atoms with Crippen molar-refractivity contribution in [2.45, 2.75) is 52.5 Å². The monoisotopic (exact) mass is 251 g/mol.